The van der Waals surface area contributed by atoms with Crippen LogP contribution in [-0.2, 0) is 22.3 Å². The highest BCUT2D eigenvalue weighted by Crippen LogP contribution is 2.25. The number of rotatable bonds is 14. The predicted molar refractivity (Wildman–Crippen MR) is 98.8 cm³/mol. The molecule has 0 aliphatic heterocycles. The molecule has 2 N–H and O–H groups in total. The highest BCUT2D eigenvalue weighted by Gasteiger charge is 2.21. The van der Waals surface area contributed by atoms with Crippen LogP contribution in [0.25, 0.3) is 0 Å². The van der Waals surface area contributed by atoms with Crippen molar-refractivity contribution in [1.82, 2.24) is 41.2 Å². The first-order valence-electron chi connectivity index (χ1n) is 9.46. The smallest absolute Gasteiger partial charge is 0.175 e. The van der Waals surface area contributed by atoms with Gasteiger partial charge in [0.1, 0.15) is 0 Å². The molecule has 0 bridgehead atoms. The first-order valence-corrected chi connectivity index (χ1v) is 9.46. The van der Waals surface area contributed by atoms with Gasteiger partial charge in [-0.15, -0.1) is 20.4 Å². The molecular weight excluding hydrogens is 348 g/mol. The van der Waals surface area contributed by atoms with Crippen LogP contribution in [0.1, 0.15) is 58.6 Å². The highest BCUT2D eigenvalue weighted by molar-refractivity contribution is 4.86. The number of nitrogens with one attached hydrogen (secondary N) is 2. The van der Waals surface area contributed by atoms with Crippen LogP contribution in [0.2, 0.25) is 0 Å². The Hall–Kier alpha value is -1.94. The second-order valence-electron chi connectivity index (χ2n) is 8.42. The van der Waals surface area contributed by atoms with E-state index >= 15 is 0 Å². The quantitative estimate of drug-likeness (QED) is 0.475. The molecule has 0 aromatic carbocycles. The van der Waals surface area contributed by atoms with E-state index < -0.39 is 0 Å². The Bertz CT molecular complexity index is 559. The van der Waals surface area contributed by atoms with Crippen LogP contribution in [0, 0.1) is 10.8 Å². The minimum atomic E-state index is 0.0880. The molecule has 27 heavy (non-hydrogen) atoms. The van der Waals surface area contributed by atoms with Crippen LogP contribution in [0.4, 0.5) is 0 Å². The summed E-state index contributed by atoms with van der Waals surface area (Å²) in [7, 11) is 0. The number of aromatic nitrogens is 8. The maximum absolute atomic E-state index is 5.74. The Balaban J connectivity index is 1.45. The summed E-state index contributed by atoms with van der Waals surface area (Å²) in [5.74, 6) is 1.49. The third-order valence-electron chi connectivity index (χ3n) is 4.48. The Morgan fingerprint density at radius 2 is 1.15 bits per heavy atom. The van der Waals surface area contributed by atoms with Crippen LogP contribution in [0.3, 0.4) is 0 Å². The molecule has 0 radical (unpaired) electrons. The van der Waals surface area contributed by atoms with Gasteiger partial charge in [0, 0.05) is 39.3 Å². The SMILES string of the molecule is CC(C)(CCOCCCOCCC(C)(C)Cc1nn[nH]n1)Cc1nn[nH]n1. The summed E-state index contributed by atoms with van der Waals surface area (Å²) >= 11 is 0. The molecule has 0 aliphatic carbocycles. The van der Waals surface area contributed by atoms with Gasteiger partial charge in [-0.3, -0.25) is 0 Å². The number of aromatic amines is 2. The van der Waals surface area contributed by atoms with Gasteiger partial charge in [-0.2, -0.15) is 10.4 Å². The van der Waals surface area contributed by atoms with Gasteiger partial charge in [-0.05, 0) is 30.1 Å². The summed E-state index contributed by atoms with van der Waals surface area (Å²) in [6.45, 7) is 11.6. The minimum Gasteiger partial charge on any atom is -0.381 e. The fourth-order valence-electron chi connectivity index (χ4n) is 2.71. The van der Waals surface area contributed by atoms with Gasteiger partial charge < -0.3 is 9.47 Å². The second kappa shape index (κ2) is 10.4. The molecule has 2 aromatic heterocycles. The molecular formula is C17H32N8O2. The first kappa shape index (κ1) is 21.4. The average molecular weight is 380 g/mol. The Labute approximate surface area is 160 Å². The molecule has 0 spiro atoms. The number of H-pyrrole nitrogens is 2. The molecule has 10 nitrogen and oxygen atoms in total. The maximum atomic E-state index is 5.74. The number of nitrogens with zero attached hydrogens (tertiary/aromatic N) is 6. The van der Waals surface area contributed by atoms with Gasteiger partial charge >= 0.3 is 0 Å². The van der Waals surface area contributed by atoms with Gasteiger partial charge in [0.05, 0.1) is 0 Å². The molecule has 0 saturated carbocycles. The molecule has 2 rings (SSSR count). The normalized spacial score (nSPS) is 12.6. The Morgan fingerprint density at radius 3 is 1.52 bits per heavy atom. The van der Waals surface area contributed by atoms with Crippen LogP contribution >= 0.6 is 0 Å². The molecule has 0 atom stereocenters. The number of ether oxygens (including phenoxy) is 2. The molecule has 2 heterocycles. The van der Waals surface area contributed by atoms with Crippen LogP contribution in [0.15, 0.2) is 0 Å². The lowest BCUT2D eigenvalue weighted by Crippen LogP contribution is -2.19. The van der Waals surface area contributed by atoms with Crippen molar-refractivity contribution in [3.05, 3.63) is 11.6 Å². The van der Waals surface area contributed by atoms with Crippen LogP contribution in [-0.4, -0.2) is 67.7 Å². The van der Waals surface area contributed by atoms with Crippen molar-refractivity contribution < 1.29 is 9.47 Å². The topological polar surface area (TPSA) is 127 Å². The van der Waals surface area contributed by atoms with Gasteiger partial charge in [-0.1, -0.05) is 38.1 Å². The van der Waals surface area contributed by atoms with Crippen molar-refractivity contribution in [3.8, 4) is 0 Å². The van der Waals surface area contributed by atoms with Crippen molar-refractivity contribution in [2.24, 2.45) is 10.8 Å². The van der Waals surface area contributed by atoms with Crippen molar-refractivity contribution in [2.75, 3.05) is 26.4 Å². The van der Waals surface area contributed by atoms with Gasteiger partial charge in [0.25, 0.3) is 0 Å². The molecule has 0 saturated heterocycles. The zero-order chi connectivity index (χ0) is 19.6. The third kappa shape index (κ3) is 9.00. The molecule has 10 heteroatoms. The van der Waals surface area contributed by atoms with Gasteiger partial charge in [0.15, 0.2) is 11.6 Å². The summed E-state index contributed by atoms with van der Waals surface area (Å²) in [5.41, 5.74) is 0.176. The highest BCUT2D eigenvalue weighted by atomic mass is 16.5. The molecule has 0 unspecified atom stereocenters. The third-order valence-corrected chi connectivity index (χ3v) is 4.48. The average Bonchev–Trinajstić information content (AvgIpc) is 3.26. The predicted octanol–water partition coefficient (Wildman–Crippen LogP) is 1.75. The van der Waals surface area contributed by atoms with Crippen molar-refractivity contribution in [3.63, 3.8) is 0 Å². The largest absolute Gasteiger partial charge is 0.381 e. The molecule has 2 aromatic rings. The Morgan fingerprint density at radius 1 is 0.704 bits per heavy atom. The summed E-state index contributed by atoms with van der Waals surface area (Å²) in [6, 6.07) is 0. The first-order chi connectivity index (χ1) is 12.9. The summed E-state index contributed by atoms with van der Waals surface area (Å²) in [4.78, 5) is 0. The van der Waals surface area contributed by atoms with Crippen molar-refractivity contribution >= 4 is 0 Å². The molecule has 0 amide bonds. The van der Waals surface area contributed by atoms with Crippen molar-refractivity contribution in [1.29, 1.82) is 0 Å². The standard InChI is InChI=1S/C17H32N8O2/c1-16(2,12-14-18-22-23-19-14)6-10-26-8-5-9-27-11-7-17(3,4)13-15-20-24-25-21-15/h5-13H2,1-4H3,(H,18,19,22,23)(H,20,21,24,25). The number of hydrogen-bond acceptors (Lipinski definition) is 8. The van der Waals surface area contributed by atoms with E-state index in [-0.39, 0.29) is 10.8 Å². The van der Waals surface area contributed by atoms with E-state index in [0.29, 0.717) is 13.2 Å². The van der Waals surface area contributed by atoms with E-state index in [1.807, 2.05) is 0 Å². The van der Waals surface area contributed by atoms with E-state index in [4.69, 9.17) is 9.47 Å². The molecule has 0 aliphatic rings. The molecule has 0 fully saturated rings. The Kier molecular flexibility index (Phi) is 8.23. The summed E-state index contributed by atoms with van der Waals surface area (Å²) < 4.78 is 11.5. The fraction of sp³-hybridized carbons (Fsp3) is 0.882. The fourth-order valence-corrected chi connectivity index (χ4v) is 2.71. The van der Waals surface area contributed by atoms with E-state index in [1.165, 1.54) is 0 Å². The van der Waals surface area contributed by atoms with Gasteiger partial charge in [-0.25, -0.2) is 0 Å². The lowest BCUT2D eigenvalue weighted by atomic mass is 9.86. The monoisotopic (exact) mass is 380 g/mol. The summed E-state index contributed by atoms with van der Waals surface area (Å²) in [5, 5.41) is 28.2. The van der Waals surface area contributed by atoms with E-state index in [9.17, 15) is 0 Å². The number of tetrazole rings is 2. The van der Waals surface area contributed by atoms with Crippen LogP contribution < -0.4 is 0 Å². The van der Waals surface area contributed by atoms with E-state index in [0.717, 1.165) is 57.0 Å². The zero-order valence-corrected chi connectivity index (χ0v) is 16.9. The summed E-state index contributed by atoms with van der Waals surface area (Å²) in [6.07, 6.45) is 4.38. The van der Waals surface area contributed by atoms with Crippen molar-refractivity contribution in [2.45, 2.75) is 59.8 Å². The van der Waals surface area contributed by atoms with E-state index in [2.05, 4.69) is 68.9 Å². The zero-order valence-electron chi connectivity index (χ0n) is 16.9. The lowest BCUT2D eigenvalue weighted by Gasteiger charge is -2.23. The van der Waals surface area contributed by atoms with Gasteiger partial charge in [0.2, 0.25) is 0 Å². The lowest BCUT2D eigenvalue weighted by molar-refractivity contribution is 0.0605. The minimum absolute atomic E-state index is 0.0880. The number of hydrogen-bond donors (Lipinski definition) is 2. The van der Waals surface area contributed by atoms with Crippen LogP contribution in [0.5, 0.6) is 0 Å². The van der Waals surface area contributed by atoms with E-state index in [1.54, 1.807) is 0 Å². The maximum Gasteiger partial charge on any atom is 0.175 e. The molecule has 152 valence electrons. The second-order valence-corrected chi connectivity index (χ2v) is 8.42.